The zero-order valence-electron chi connectivity index (χ0n) is 18.1. The van der Waals surface area contributed by atoms with Crippen molar-refractivity contribution in [3.8, 4) is 39.3 Å². The van der Waals surface area contributed by atoms with Crippen LogP contribution in [0.1, 0.15) is 0 Å². The Bertz CT molecular complexity index is 1500. The number of aryl methyl sites for hydroxylation is 1. The fourth-order valence-corrected chi connectivity index (χ4v) is 4.40. The number of imidazole rings is 1. The lowest BCUT2D eigenvalue weighted by molar-refractivity contribution is 0.891. The van der Waals surface area contributed by atoms with Gasteiger partial charge in [-0.3, -0.25) is 0 Å². The number of nitrogens with zero attached hydrogens (tertiary/aromatic N) is 5. The van der Waals surface area contributed by atoms with Gasteiger partial charge < -0.3 is 4.57 Å². The second kappa shape index (κ2) is 7.88. The Morgan fingerprint density at radius 3 is 1.88 bits per heavy atom. The van der Waals surface area contributed by atoms with Crippen molar-refractivity contribution < 1.29 is 0 Å². The highest BCUT2D eigenvalue weighted by atomic mass is 15.3. The molecule has 0 atom stereocenters. The maximum absolute atomic E-state index is 4.72. The van der Waals surface area contributed by atoms with Crippen LogP contribution in [0.3, 0.4) is 0 Å². The number of hydrogen-bond donors (Lipinski definition) is 0. The van der Waals surface area contributed by atoms with Crippen LogP contribution in [0, 0.1) is 0 Å². The molecule has 33 heavy (non-hydrogen) atoms. The molecule has 0 amide bonds. The average Bonchev–Trinajstić information content (AvgIpc) is 3.52. The summed E-state index contributed by atoms with van der Waals surface area (Å²) < 4.78 is 3.97. The summed E-state index contributed by atoms with van der Waals surface area (Å²) in [5.41, 5.74) is 8.36. The summed E-state index contributed by atoms with van der Waals surface area (Å²) in [6.07, 6.45) is 3.45. The fourth-order valence-electron chi connectivity index (χ4n) is 4.40. The predicted octanol–water partition coefficient (Wildman–Crippen LogP) is 6.16. The second-order valence-electron chi connectivity index (χ2n) is 7.96. The Labute approximate surface area is 191 Å². The van der Waals surface area contributed by atoms with E-state index in [1.807, 2.05) is 40.8 Å². The Morgan fingerprint density at radius 2 is 1.21 bits per heavy atom. The summed E-state index contributed by atoms with van der Waals surface area (Å²) in [5.74, 6) is 0.764. The van der Waals surface area contributed by atoms with Crippen LogP contribution in [0.15, 0.2) is 110 Å². The van der Waals surface area contributed by atoms with E-state index in [9.17, 15) is 0 Å². The molecule has 0 saturated carbocycles. The number of para-hydroxylation sites is 2. The molecule has 0 fully saturated rings. The standard InChI is InChI=1S/C28H21N5/c1-32-19-30-26-24(16-9-17-25(26)32)28-29-18-31-33(28)27-22(20-10-4-2-5-11-20)14-8-15-23(27)21-12-6-3-7-13-21/h2-19H,1H3. The van der Waals surface area contributed by atoms with Crippen molar-refractivity contribution in [2.24, 2.45) is 7.05 Å². The van der Waals surface area contributed by atoms with E-state index < -0.39 is 0 Å². The minimum absolute atomic E-state index is 0.764. The van der Waals surface area contributed by atoms with Crippen molar-refractivity contribution in [3.63, 3.8) is 0 Å². The van der Waals surface area contributed by atoms with Gasteiger partial charge in [-0.2, -0.15) is 5.10 Å². The molecule has 158 valence electrons. The van der Waals surface area contributed by atoms with Gasteiger partial charge >= 0.3 is 0 Å². The third-order valence-corrected chi connectivity index (χ3v) is 5.96. The van der Waals surface area contributed by atoms with Crippen LogP contribution in [0.2, 0.25) is 0 Å². The highest BCUT2D eigenvalue weighted by Gasteiger charge is 2.20. The second-order valence-corrected chi connectivity index (χ2v) is 7.96. The molecule has 0 bridgehead atoms. The summed E-state index contributed by atoms with van der Waals surface area (Å²) in [6.45, 7) is 0. The fraction of sp³-hybridized carbons (Fsp3) is 0.0357. The van der Waals surface area contributed by atoms with Gasteiger partial charge in [0.25, 0.3) is 0 Å². The molecule has 5 heteroatoms. The van der Waals surface area contributed by atoms with E-state index >= 15 is 0 Å². The first-order valence-electron chi connectivity index (χ1n) is 10.9. The van der Waals surface area contributed by atoms with Crippen molar-refractivity contribution in [1.29, 1.82) is 0 Å². The molecule has 0 aliphatic rings. The van der Waals surface area contributed by atoms with E-state index in [-0.39, 0.29) is 0 Å². The van der Waals surface area contributed by atoms with E-state index in [1.165, 1.54) is 0 Å². The monoisotopic (exact) mass is 427 g/mol. The molecule has 6 aromatic rings. The first-order valence-corrected chi connectivity index (χ1v) is 10.9. The van der Waals surface area contributed by atoms with Crippen molar-refractivity contribution in [2.75, 3.05) is 0 Å². The SMILES string of the molecule is Cn1cnc2c(-c3ncnn3-c3c(-c4ccccc4)cccc3-c3ccccc3)cccc21. The molecule has 0 aliphatic carbocycles. The van der Waals surface area contributed by atoms with E-state index in [4.69, 9.17) is 10.1 Å². The molecular weight excluding hydrogens is 406 g/mol. The summed E-state index contributed by atoms with van der Waals surface area (Å²) in [7, 11) is 2.00. The lowest BCUT2D eigenvalue weighted by Gasteiger charge is -2.17. The highest BCUT2D eigenvalue weighted by molar-refractivity contribution is 5.92. The average molecular weight is 428 g/mol. The Balaban J connectivity index is 1.66. The van der Waals surface area contributed by atoms with Gasteiger partial charge in [-0.1, -0.05) is 84.9 Å². The quantitative estimate of drug-likeness (QED) is 0.339. The zero-order valence-corrected chi connectivity index (χ0v) is 18.1. The minimum Gasteiger partial charge on any atom is -0.334 e. The van der Waals surface area contributed by atoms with Crippen LogP contribution in [0.25, 0.3) is 50.4 Å². The van der Waals surface area contributed by atoms with Crippen LogP contribution in [0.4, 0.5) is 0 Å². The van der Waals surface area contributed by atoms with Gasteiger partial charge in [-0.15, -0.1) is 0 Å². The van der Waals surface area contributed by atoms with Crippen LogP contribution < -0.4 is 0 Å². The number of hydrogen-bond acceptors (Lipinski definition) is 3. The van der Waals surface area contributed by atoms with Gasteiger partial charge in [0.2, 0.25) is 0 Å². The largest absolute Gasteiger partial charge is 0.334 e. The van der Waals surface area contributed by atoms with E-state index in [0.717, 1.165) is 50.4 Å². The minimum atomic E-state index is 0.764. The van der Waals surface area contributed by atoms with Gasteiger partial charge in [0, 0.05) is 23.7 Å². The lowest BCUT2D eigenvalue weighted by Crippen LogP contribution is -2.05. The Hall–Kier alpha value is -4.51. The summed E-state index contributed by atoms with van der Waals surface area (Å²) in [4.78, 5) is 9.35. The van der Waals surface area contributed by atoms with Crippen LogP contribution >= 0.6 is 0 Å². The first kappa shape index (κ1) is 19.2. The summed E-state index contributed by atoms with van der Waals surface area (Å²) in [5, 5.41) is 4.72. The molecule has 0 saturated heterocycles. The van der Waals surface area contributed by atoms with Crippen molar-refractivity contribution in [2.45, 2.75) is 0 Å². The molecular formula is C28H21N5. The van der Waals surface area contributed by atoms with Gasteiger partial charge in [0.1, 0.15) is 6.33 Å². The Kier molecular flexibility index (Phi) is 4.58. The maximum atomic E-state index is 4.72. The molecule has 2 aromatic heterocycles. The number of fused-ring (bicyclic) bond motifs is 1. The molecule has 4 aromatic carbocycles. The molecule has 0 radical (unpaired) electrons. The number of aromatic nitrogens is 5. The molecule has 0 N–H and O–H groups in total. The molecule has 6 rings (SSSR count). The molecule has 0 spiro atoms. The van der Waals surface area contributed by atoms with Gasteiger partial charge in [-0.05, 0) is 23.3 Å². The van der Waals surface area contributed by atoms with E-state index in [0.29, 0.717) is 0 Å². The third-order valence-electron chi connectivity index (χ3n) is 5.96. The number of rotatable bonds is 4. The zero-order chi connectivity index (χ0) is 22.2. The van der Waals surface area contributed by atoms with Crippen LogP contribution in [-0.2, 0) is 7.05 Å². The molecule has 0 unspecified atom stereocenters. The third kappa shape index (κ3) is 3.22. The number of benzene rings is 4. The van der Waals surface area contributed by atoms with Crippen molar-refractivity contribution in [3.05, 3.63) is 110 Å². The topological polar surface area (TPSA) is 48.5 Å². The van der Waals surface area contributed by atoms with Crippen molar-refractivity contribution in [1.82, 2.24) is 24.3 Å². The van der Waals surface area contributed by atoms with Gasteiger partial charge in [-0.25, -0.2) is 14.6 Å². The molecule has 0 aliphatic heterocycles. The smallest absolute Gasteiger partial charge is 0.165 e. The summed E-state index contributed by atoms with van der Waals surface area (Å²) >= 11 is 0. The molecule has 2 heterocycles. The predicted molar refractivity (Wildman–Crippen MR) is 132 cm³/mol. The van der Waals surface area contributed by atoms with Gasteiger partial charge in [0.15, 0.2) is 5.82 Å². The van der Waals surface area contributed by atoms with Crippen LogP contribution in [-0.4, -0.2) is 24.3 Å². The van der Waals surface area contributed by atoms with E-state index in [1.54, 1.807) is 6.33 Å². The summed E-state index contributed by atoms with van der Waals surface area (Å²) in [6, 6.07) is 33.4. The highest BCUT2D eigenvalue weighted by Crippen LogP contribution is 2.37. The van der Waals surface area contributed by atoms with Crippen LogP contribution in [0.5, 0.6) is 0 Å². The van der Waals surface area contributed by atoms with Gasteiger partial charge in [0.05, 0.1) is 23.0 Å². The first-order chi connectivity index (χ1) is 16.3. The normalized spacial score (nSPS) is 11.2. The maximum Gasteiger partial charge on any atom is 0.165 e. The lowest BCUT2D eigenvalue weighted by atomic mass is 9.95. The van der Waals surface area contributed by atoms with E-state index in [2.05, 4.69) is 83.8 Å². The molecule has 5 nitrogen and oxygen atoms in total. The Morgan fingerprint density at radius 1 is 0.606 bits per heavy atom. The van der Waals surface area contributed by atoms with Crippen molar-refractivity contribution >= 4 is 11.0 Å².